The van der Waals surface area contributed by atoms with Crippen molar-refractivity contribution in [2.75, 3.05) is 0 Å². The third kappa shape index (κ3) is 2.45. The minimum Gasteiger partial charge on any atom is -0.0817 e. The average molecular weight is 537 g/mol. The summed E-state index contributed by atoms with van der Waals surface area (Å²) in [4.78, 5) is 0.387. The highest BCUT2D eigenvalue weighted by atomic mass is 32.4. The van der Waals surface area contributed by atoms with Gasteiger partial charge in [-0.2, -0.15) is 0 Å². The summed E-state index contributed by atoms with van der Waals surface area (Å²) in [6.07, 6.45) is 0. The number of rotatable bonds is 1. The summed E-state index contributed by atoms with van der Waals surface area (Å²) in [5.41, 5.74) is 8.18. The summed E-state index contributed by atoms with van der Waals surface area (Å²) < 4.78 is 0. The molecule has 35 heavy (non-hydrogen) atoms. The molecule has 2 aromatic carbocycles. The van der Waals surface area contributed by atoms with Gasteiger partial charge in [-0.25, -0.2) is 0 Å². The van der Waals surface area contributed by atoms with Crippen LogP contribution in [0.3, 0.4) is 0 Å². The van der Waals surface area contributed by atoms with Crippen LogP contribution in [0.4, 0.5) is 0 Å². The quantitative estimate of drug-likeness (QED) is 0.258. The lowest BCUT2D eigenvalue weighted by Crippen LogP contribution is -2.41. The van der Waals surface area contributed by atoms with Crippen LogP contribution in [0.2, 0.25) is 0 Å². The van der Waals surface area contributed by atoms with Gasteiger partial charge in [-0.05, 0) is 33.9 Å². The highest BCUT2D eigenvalue weighted by Gasteiger charge is 3.10. The van der Waals surface area contributed by atoms with E-state index < -0.39 is 6.04 Å². The molecular formula is C31H39P3S. The molecule has 0 aliphatic carbocycles. The summed E-state index contributed by atoms with van der Waals surface area (Å²) in [5.74, 6) is 3.71. The molecule has 8 unspecified atom stereocenters. The summed E-state index contributed by atoms with van der Waals surface area (Å²) in [6.45, 7) is 22.7. The Morgan fingerprint density at radius 2 is 1.34 bits per heavy atom. The van der Waals surface area contributed by atoms with E-state index in [0.29, 0.717) is 5.41 Å². The third-order valence-corrected chi connectivity index (χ3v) is 29.9. The SMILES string of the molecule is CC(C)(C)C1P2C3C4(c5ccccc5)P1C4(C(C)(C)C)P(=S)(C#Cc1ccccc1)C32C(C)(C)C. The van der Waals surface area contributed by atoms with E-state index in [1.165, 1.54) is 0 Å². The molecule has 4 aliphatic heterocycles. The molecule has 8 atom stereocenters. The maximum absolute atomic E-state index is 7.24. The molecule has 6 rings (SSSR count). The first-order valence-corrected chi connectivity index (χ1v) is 18.7. The van der Waals surface area contributed by atoms with E-state index in [1.54, 1.807) is 5.56 Å². The largest absolute Gasteiger partial charge is 0.0817 e. The molecule has 0 N–H and O–H groups in total. The first-order chi connectivity index (χ1) is 16.2. The van der Waals surface area contributed by atoms with E-state index in [4.69, 9.17) is 11.8 Å². The molecule has 0 aromatic heterocycles. The molecule has 2 aromatic rings. The first kappa shape index (κ1) is 24.8. The molecule has 4 heteroatoms. The molecule has 0 bridgehead atoms. The van der Waals surface area contributed by atoms with Crippen LogP contribution in [0.1, 0.15) is 73.4 Å². The maximum atomic E-state index is 7.24. The Labute approximate surface area is 221 Å². The Balaban J connectivity index is 1.72. The van der Waals surface area contributed by atoms with Crippen molar-refractivity contribution < 1.29 is 0 Å². The minimum atomic E-state index is -2.09. The highest BCUT2D eigenvalue weighted by molar-refractivity contribution is 8.30. The van der Waals surface area contributed by atoms with E-state index in [9.17, 15) is 0 Å². The molecule has 0 saturated carbocycles. The van der Waals surface area contributed by atoms with E-state index in [0.717, 1.165) is 16.6 Å². The van der Waals surface area contributed by atoms with Crippen LogP contribution in [0, 0.1) is 27.8 Å². The van der Waals surface area contributed by atoms with Crippen LogP contribution >= 0.6 is 21.9 Å². The van der Waals surface area contributed by atoms with Gasteiger partial charge in [0.15, 0.2) is 0 Å². The van der Waals surface area contributed by atoms with Gasteiger partial charge in [0.1, 0.15) is 0 Å². The number of hydrogen-bond donors (Lipinski definition) is 0. The first-order valence-electron chi connectivity index (χ1n) is 13.0. The van der Waals surface area contributed by atoms with E-state index >= 15 is 0 Å². The fourth-order valence-corrected chi connectivity index (χ4v) is 38.3. The van der Waals surface area contributed by atoms with Crippen LogP contribution in [-0.4, -0.2) is 20.9 Å². The van der Waals surface area contributed by atoms with Crippen LogP contribution in [-0.2, 0) is 17.0 Å². The highest BCUT2D eigenvalue weighted by Crippen LogP contribution is 3.30. The summed E-state index contributed by atoms with van der Waals surface area (Å²) in [7, 11) is -0.398. The molecule has 0 amide bonds. The molecule has 4 aliphatic rings. The van der Waals surface area contributed by atoms with Gasteiger partial charge < -0.3 is 0 Å². The van der Waals surface area contributed by atoms with Gasteiger partial charge in [-0.1, -0.05) is 150 Å². The van der Waals surface area contributed by atoms with Crippen molar-refractivity contribution in [3.63, 3.8) is 0 Å². The Bertz CT molecular complexity index is 1320. The third-order valence-electron chi connectivity index (χ3n) is 9.30. The van der Waals surface area contributed by atoms with Crippen LogP contribution in [0.5, 0.6) is 0 Å². The Hall–Kier alpha value is -0.490. The van der Waals surface area contributed by atoms with Gasteiger partial charge in [0, 0.05) is 32.7 Å². The van der Waals surface area contributed by atoms with Crippen molar-refractivity contribution in [2.24, 2.45) is 16.2 Å². The topological polar surface area (TPSA) is 0 Å². The zero-order valence-electron chi connectivity index (χ0n) is 22.7. The van der Waals surface area contributed by atoms with Crippen molar-refractivity contribution in [1.29, 1.82) is 0 Å². The molecule has 184 valence electrons. The summed E-state index contributed by atoms with van der Waals surface area (Å²) in [5, 5.41) is 1.09. The van der Waals surface area contributed by atoms with Gasteiger partial charge >= 0.3 is 0 Å². The second-order valence-corrected chi connectivity index (χ2v) is 24.9. The molecule has 0 radical (unpaired) electrons. The number of hydrogen-bond acceptors (Lipinski definition) is 1. The average Bonchev–Trinajstić information content (AvgIpc) is 3.59. The van der Waals surface area contributed by atoms with Crippen LogP contribution in [0.15, 0.2) is 60.7 Å². The fourth-order valence-electron chi connectivity index (χ4n) is 8.80. The lowest BCUT2D eigenvalue weighted by Gasteiger charge is -2.53. The van der Waals surface area contributed by atoms with E-state index in [-0.39, 0.29) is 41.6 Å². The van der Waals surface area contributed by atoms with Crippen molar-refractivity contribution in [1.82, 2.24) is 0 Å². The second kappa shape index (κ2) is 6.93. The molecule has 0 nitrogen and oxygen atoms in total. The molecule has 4 heterocycles. The lowest BCUT2D eigenvalue weighted by molar-refractivity contribution is 0.350. The molecule has 4 saturated heterocycles. The Kier molecular flexibility index (Phi) is 4.91. The van der Waals surface area contributed by atoms with Crippen molar-refractivity contribution in [3.8, 4) is 11.6 Å². The predicted octanol–water partition coefficient (Wildman–Crippen LogP) is 9.61. The predicted molar refractivity (Wildman–Crippen MR) is 161 cm³/mol. The monoisotopic (exact) mass is 536 g/mol. The van der Waals surface area contributed by atoms with E-state index in [2.05, 4.69) is 135 Å². The van der Waals surface area contributed by atoms with Gasteiger partial charge in [0.25, 0.3) is 0 Å². The van der Waals surface area contributed by atoms with Crippen molar-refractivity contribution in [2.45, 2.75) is 88.3 Å². The fraction of sp³-hybridized carbons (Fsp3) is 0.548. The number of benzene rings is 2. The minimum absolute atomic E-state index is 0.131. The van der Waals surface area contributed by atoms with Gasteiger partial charge in [-0.15, -0.1) is 0 Å². The normalized spacial score (nSPS) is 42.8. The van der Waals surface area contributed by atoms with Crippen LogP contribution in [0.25, 0.3) is 0 Å². The molecule has 4 fully saturated rings. The summed E-state index contributed by atoms with van der Waals surface area (Å²) in [6, 6.07) is 20.2. The zero-order valence-corrected chi connectivity index (χ0v) is 26.2. The summed E-state index contributed by atoms with van der Waals surface area (Å²) >= 11 is 7.24. The van der Waals surface area contributed by atoms with Gasteiger partial charge in [0.2, 0.25) is 0 Å². The van der Waals surface area contributed by atoms with Crippen molar-refractivity contribution in [3.05, 3.63) is 71.8 Å². The van der Waals surface area contributed by atoms with Crippen molar-refractivity contribution >= 4 is 33.7 Å². The van der Waals surface area contributed by atoms with Gasteiger partial charge in [-0.3, -0.25) is 0 Å². The number of fused-ring (bicyclic) bond motifs is 2. The Morgan fingerprint density at radius 1 is 0.800 bits per heavy atom. The molecular weight excluding hydrogens is 497 g/mol. The lowest BCUT2D eigenvalue weighted by atomic mass is 9.76. The Morgan fingerprint density at radius 3 is 1.83 bits per heavy atom. The smallest absolute Gasteiger partial charge is 0.0513 e. The molecule has 0 spiro atoms. The van der Waals surface area contributed by atoms with Gasteiger partial charge in [0.05, 0.1) is 4.90 Å². The van der Waals surface area contributed by atoms with E-state index in [1.807, 2.05) is 0 Å². The van der Waals surface area contributed by atoms with Crippen LogP contribution < -0.4 is 0 Å². The second-order valence-electron chi connectivity index (χ2n) is 14.2. The zero-order chi connectivity index (χ0) is 25.4. The standard InChI is InChI=1S/C31H39P3S/c1-26(2,3)25-32-24-29(23-18-14-11-15-19-23)31(33(25)29,28(7,8)9)34(35,30(24,32)27(4,5)6)21-20-22-16-12-10-13-17-22/h10-19,24-25H,1-9H3. The maximum Gasteiger partial charge on any atom is 0.0513 e.